The Bertz CT molecular complexity index is 352. The molecule has 0 aromatic rings. The van der Waals surface area contributed by atoms with Crippen LogP contribution in [0.15, 0.2) is 17.1 Å². The third kappa shape index (κ3) is 12.2. The molecule has 1 N–H and O–H groups in total. The van der Waals surface area contributed by atoms with E-state index in [2.05, 4.69) is 29.0 Å². The fourth-order valence-corrected chi connectivity index (χ4v) is 3.61. The summed E-state index contributed by atoms with van der Waals surface area (Å²) in [5.74, 6) is 1.24. The smallest absolute Gasteiger partial charge is 0.0991 e. The SMILES string of the molecule is C/C=C/CCCCCCCCCCCCCCC1=NCCN1CCO. The summed E-state index contributed by atoms with van der Waals surface area (Å²) in [5.41, 5.74) is 0. The molecule has 0 aliphatic carbocycles. The van der Waals surface area contributed by atoms with Gasteiger partial charge in [-0.05, 0) is 26.2 Å². The lowest BCUT2D eigenvalue weighted by atomic mass is 10.0. The van der Waals surface area contributed by atoms with Crippen molar-refractivity contribution in [2.75, 3.05) is 26.2 Å². The number of aliphatic imine (C=N–C) groups is 1. The van der Waals surface area contributed by atoms with Gasteiger partial charge in [-0.15, -0.1) is 0 Å². The standard InChI is InChI=1S/C22H42N2O/c1-2-3-4-5-6-7-8-9-10-11-12-13-14-15-16-17-22-23-18-19-24(22)20-21-25/h2-3,25H,4-21H2,1H3/b3-2+. The van der Waals surface area contributed by atoms with Gasteiger partial charge in [0.2, 0.25) is 0 Å². The Balaban J connectivity index is 1.77. The Morgan fingerprint density at radius 3 is 2.00 bits per heavy atom. The zero-order valence-electron chi connectivity index (χ0n) is 16.7. The Morgan fingerprint density at radius 2 is 1.44 bits per heavy atom. The van der Waals surface area contributed by atoms with Crippen LogP contribution < -0.4 is 0 Å². The molecule has 0 amide bonds. The van der Waals surface area contributed by atoms with Gasteiger partial charge in [-0.2, -0.15) is 0 Å². The molecule has 25 heavy (non-hydrogen) atoms. The van der Waals surface area contributed by atoms with E-state index in [1.165, 1.54) is 89.3 Å². The third-order valence-corrected chi connectivity index (χ3v) is 5.16. The lowest BCUT2D eigenvalue weighted by molar-refractivity contribution is 0.255. The van der Waals surface area contributed by atoms with Crippen LogP contribution >= 0.6 is 0 Å². The minimum atomic E-state index is 0.245. The second kappa shape index (κ2) is 16.6. The fourth-order valence-electron chi connectivity index (χ4n) is 3.61. The summed E-state index contributed by atoms with van der Waals surface area (Å²) in [6, 6.07) is 0. The number of β-amino-alcohol motifs (C(OH)–C–C–N with tert-alkyl or cyclic N) is 1. The van der Waals surface area contributed by atoms with E-state index in [9.17, 15) is 0 Å². The van der Waals surface area contributed by atoms with Gasteiger partial charge in [-0.3, -0.25) is 4.99 Å². The van der Waals surface area contributed by atoms with Gasteiger partial charge in [0.05, 0.1) is 19.0 Å². The van der Waals surface area contributed by atoms with E-state index >= 15 is 0 Å². The number of aliphatic hydroxyl groups excluding tert-OH is 1. The predicted octanol–water partition coefficient (Wildman–Crippen LogP) is 5.73. The molecule has 1 aliphatic heterocycles. The zero-order chi connectivity index (χ0) is 18.0. The first-order chi connectivity index (χ1) is 12.4. The summed E-state index contributed by atoms with van der Waals surface area (Å²) >= 11 is 0. The molecule has 0 bridgehead atoms. The van der Waals surface area contributed by atoms with Gasteiger partial charge in [0.25, 0.3) is 0 Å². The van der Waals surface area contributed by atoms with Crippen LogP contribution in [-0.2, 0) is 0 Å². The highest BCUT2D eigenvalue weighted by Gasteiger charge is 2.14. The van der Waals surface area contributed by atoms with Crippen LogP contribution in [0, 0.1) is 0 Å². The van der Waals surface area contributed by atoms with Crippen molar-refractivity contribution < 1.29 is 5.11 Å². The van der Waals surface area contributed by atoms with Crippen LogP contribution in [0.25, 0.3) is 0 Å². The number of amidine groups is 1. The quantitative estimate of drug-likeness (QED) is 0.268. The summed E-state index contributed by atoms with van der Waals surface area (Å²) in [4.78, 5) is 6.82. The third-order valence-electron chi connectivity index (χ3n) is 5.16. The number of aliphatic hydroxyl groups is 1. The van der Waals surface area contributed by atoms with Crippen molar-refractivity contribution in [3.8, 4) is 0 Å². The first-order valence-corrected chi connectivity index (χ1v) is 10.9. The molecule has 0 radical (unpaired) electrons. The lowest BCUT2D eigenvalue weighted by Crippen LogP contribution is -2.30. The van der Waals surface area contributed by atoms with Crippen LogP contribution in [0.4, 0.5) is 0 Å². The lowest BCUT2D eigenvalue weighted by Gasteiger charge is -2.18. The normalized spacial score (nSPS) is 14.6. The van der Waals surface area contributed by atoms with Gasteiger partial charge in [0, 0.05) is 19.5 Å². The first-order valence-electron chi connectivity index (χ1n) is 10.9. The van der Waals surface area contributed by atoms with Crippen molar-refractivity contribution in [1.82, 2.24) is 4.90 Å². The molecule has 3 nitrogen and oxygen atoms in total. The number of rotatable bonds is 17. The molecule has 1 rings (SSSR count). The molecular weight excluding hydrogens is 308 g/mol. The van der Waals surface area contributed by atoms with Crippen LogP contribution in [0.2, 0.25) is 0 Å². The van der Waals surface area contributed by atoms with Gasteiger partial charge in [0.1, 0.15) is 0 Å². The van der Waals surface area contributed by atoms with Gasteiger partial charge in [-0.1, -0.05) is 76.4 Å². The molecule has 0 saturated carbocycles. The van der Waals surface area contributed by atoms with E-state index in [0.29, 0.717) is 0 Å². The highest BCUT2D eigenvalue weighted by molar-refractivity contribution is 5.83. The Kier molecular flexibility index (Phi) is 14.8. The van der Waals surface area contributed by atoms with Crippen molar-refractivity contribution in [1.29, 1.82) is 0 Å². The maximum atomic E-state index is 9.05. The second-order valence-electron chi connectivity index (χ2n) is 7.36. The maximum Gasteiger partial charge on any atom is 0.0991 e. The summed E-state index contributed by atoms with van der Waals surface area (Å²) in [5, 5.41) is 9.05. The van der Waals surface area contributed by atoms with Crippen LogP contribution in [-0.4, -0.2) is 42.1 Å². The van der Waals surface area contributed by atoms with Gasteiger partial charge in [0.15, 0.2) is 0 Å². The van der Waals surface area contributed by atoms with Crippen molar-refractivity contribution in [3.63, 3.8) is 0 Å². The molecule has 146 valence electrons. The number of hydrogen-bond acceptors (Lipinski definition) is 3. The van der Waals surface area contributed by atoms with Gasteiger partial charge < -0.3 is 10.0 Å². The summed E-state index contributed by atoms with van der Waals surface area (Å²) in [7, 11) is 0. The van der Waals surface area contributed by atoms with E-state index in [4.69, 9.17) is 5.11 Å². The number of unbranched alkanes of at least 4 members (excludes halogenated alkanes) is 12. The molecule has 0 saturated heterocycles. The first kappa shape index (κ1) is 22.2. The van der Waals surface area contributed by atoms with Crippen LogP contribution in [0.3, 0.4) is 0 Å². The topological polar surface area (TPSA) is 35.8 Å². The Morgan fingerprint density at radius 1 is 0.880 bits per heavy atom. The Hall–Kier alpha value is -0.830. The van der Waals surface area contributed by atoms with E-state index in [-0.39, 0.29) is 6.61 Å². The highest BCUT2D eigenvalue weighted by atomic mass is 16.3. The van der Waals surface area contributed by atoms with Gasteiger partial charge in [-0.25, -0.2) is 0 Å². The van der Waals surface area contributed by atoms with Crippen molar-refractivity contribution in [2.24, 2.45) is 4.99 Å². The van der Waals surface area contributed by atoms with Crippen LogP contribution in [0.1, 0.15) is 96.8 Å². The Labute approximate surface area is 156 Å². The summed E-state index contributed by atoms with van der Waals surface area (Å²) < 4.78 is 0. The predicted molar refractivity (Wildman–Crippen MR) is 110 cm³/mol. The number of hydrogen-bond donors (Lipinski definition) is 1. The molecule has 1 heterocycles. The highest BCUT2D eigenvalue weighted by Crippen LogP contribution is 2.14. The summed E-state index contributed by atoms with van der Waals surface area (Å²) in [6.07, 6.45) is 23.5. The van der Waals surface area contributed by atoms with E-state index in [1.807, 2.05) is 0 Å². The minimum absolute atomic E-state index is 0.245. The van der Waals surface area contributed by atoms with Gasteiger partial charge >= 0.3 is 0 Å². The van der Waals surface area contributed by atoms with E-state index < -0.39 is 0 Å². The van der Waals surface area contributed by atoms with E-state index in [1.54, 1.807) is 0 Å². The van der Waals surface area contributed by atoms with Crippen molar-refractivity contribution in [3.05, 3.63) is 12.2 Å². The molecule has 0 aromatic heterocycles. The van der Waals surface area contributed by atoms with Crippen LogP contribution in [0.5, 0.6) is 0 Å². The average molecular weight is 351 g/mol. The summed E-state index contributed by atoms with van der Waals surface area (Å²) in [6.45, 7) is 5.04. The zero-order valence-corrected chi connectivity index (χ0v) is 16.7. The van der Waals surface area contributed by atoms with E-state index in [0.717, 1.165) is 26.1 Å². The molecule has 0 unspecified atom stereocenters. The second-order valence-corrected chi connectivity index (χ2v) is 7.36. The monoisotopic (exact) mass is 350 g/mol. The van der Waals surface area contributed by atoms with Crippen molar-refractivity contribution >= 4 is 5.84 Å². The molecule has 0 atom stereocenters. The molecule has 0 fully saturated rings. The fraction of sp³-hybridized carbons (Fsp3) is 0.864. The molecule has 0 spiro atoms. The molecule has 1 aliphatic rings. The maximum absolute atomic E-state index is 9.05. The number of allylic oxidation sites excluding steroid dienone is 2. The molecule has 3 heteroatoms. The molecule has 0 aromatic carbocycles. The molecular formula is C22H42N2O. The minimum Gasteiger partial charge on any atom is -0.395 e. The van der Waals surface area contributed by atoms with Crippen molar-refractivity contribution in [2.45, 2.75) is 96.8 Å². The number of nitrogens with zero attached hydrogens (tertiary/aromatic N) is 2. The average Bonchev–Trinajstić information content (AvgIpc) is 3.06. The largest absolute Gasteiger partial charge is 0.395 e.